The van der Waals surface area contributed by atoms with Gasteiger partial charge in [0.25, 0.3) is 0 Å². The first kappa shape index (κ1) is 16.5. The highest BCUT2D eigenvalue weighted by atomic mass is 35.5. The van der Waals surface area contributed by atoms with Crippen LogP contribution in [0.3, 0.4) is 0 Å². The highest BCUT2D eigenvalue weighted by Crippen LogP contribution is 2.33. The maximum Gasteiger partial charge on any atom is 0.151 e. The van der Waals surface area contributed by atoms with Gasteiger partial charge in [0.2, 0.25) is 0 Å². The van der Waals surface area contributed by atoms with E-state index in [1.165, 1.54) is 18.2 Å². The number of hydrogen-bond acceptors (Lipinski definition) is 3. The molecule has 0 saturated carbocycles. The Labute approximate surface area is 144 Å². The van der Waals surface area contributed by atoms with Gasteiger partial charge in [-0.3, -0.25) is 0 Å². The summed E-state index contributed by atoms with van der Waals surface area (Å²) in [6, 6.07) is 11.5. The minimum atomic E-state index is -0.405. The third-order valence-electron chi connectivity index (χ3n) is 3.62. The molecule has 2 atom stereocenters. The second-order valence-electron chi connectivity index (χ2n) is 5.28. The van der Waals surface area contributed by atoms with Crippen LogP contribution in [0, 0.1) is 5.82 Å². The SMILES string of the molecule is Fc1ccc(O[C@@H](c2cccc(Cl)c2)C2CNCCO2)c(Cl)c1. The summed E-state index contributed by atoms with van der Waals surface area (Å²) in [6.45, 7) is 2.05. The van der Waals surface area contributed by atoms with E-state index in [2.05, 4.69) is 5.32 Å². The molecule has 1 saturated heterocycles. The van der Waals surface area contributed by atoms with E-state index < -0.39 is 11.9 Å². The summed E-state index contributed by atoms with van der Waals surface area (Å²) in [5, 5.41) is 4.12. The number of nitrogens with one attached hydrogen (secondary N) is 1. The minimum Gasteiger partial charge on any atom is -0.481 e. The van der Waals surface area contributed by atoms with Crippen molar-refractivity contribution in [3.8, 4) is 5.75 Å². The smallest absolute Gasteiger partial charge is 0.151 e. The second kappa shape index (κ2) is 7.49. The molecule has 1 aliphatic heterocycles. The molecule has 0 spiro atoms. The van der Waals surface area contributed by atoms with Crippen LogP contribution in [-0.2, 0) is 4.74 Å². The quantitative estimate of drug-likeness (QED) is 0.889. The Morgan fingerprint density at radius 1 is 1.22 bits per heavy atom. The molecule has 2 aromatic carbocycles. The third kappa shape index (κ3) is 4.15. The normalized spacial score (nSPS) is 19.3. The standard InChI is InChI=1S/C17H16Cl2FNO2/c18-12-3-1-2-11(8-12)17(16-10-21-6-7-22-16)23-15-5-4-13(20)9-14(15)19/h1-5,8-9,16-17,21H,6-7,10H2/t16?,17-/m0/s1. The van der Waals surface area contributed by atoms with Crippen LogP contribution in [0.25, 0.3) is 0 Å². The van der Waals surface area contributed by atoms with Crippen LogP contribution in [0.15, 0.2) is 42.5 Å². The first-order valence-corrected chi connectivity index (χ1v) is 8.08. The van der Waals surface area contributed by atoms with Crippen molar-refractivity contribution >= 4 is 23.2 Å². The summed E-state index contributed by atoms with van der Waals surface area (Å²) >= 11 is 12.2. The molecule has 0 aromatic heterocycles. The lowest BCUT2D eigenvalue weighted by molar-refractivity contribution is -0.0432. The molecule has 3 nitrogen and oxygen atoms in total. The highest BCUT2D eigenvalue weighted by Gasteiger charge is 2.28. The number of morpholine rings is 1. The van der Waals surface area contributed by atoms with E-state index in [0.717, 1.165) is 12.1 Å². The van der Waals surface area contributed by atoms with Crippen LogP contribution >= 0.6 is 23.2 Å². The Hall–Kier alpha value is -1.33. The molecule has 122 valence electrons. The molecule has 0 amide bonds. The van der Waals surface area contributed by atoms with Crippen LogP contribution in [0.2, 0.25) is 10.0 Å². The molecule has 1 heterocycles. The minimum absolute atomic E-state index is 0.191. The fourth-order valence-electron chi connectivity index (χ4n) is 2.53. The topological polar surface area (TPSA) is 30.5 Å². The van der Waals surface area contributed by atoms with Gasteiger partial charge >= 0.3 is 0 Å². The van der Waals surface area contributed by atoms with Crippen LogP contribution in [-0.4, -0.2) is 25.8 Å². The zero-order chi connectivity index (χ0) is 16.2. The van der Waals surface area contributed by atoms with Gasteiger partial charge in [0, 0.05) is 18.1 Å². The summed E-state index contributed by atoms with van der Waals surface area (Å²) in [4.78, 5) is 0. The van der Waals surface area contributed by atoms with Crippen molar-refractivity contribution in [2.45, 2.75) is 12.2 Å². The van der Waals surface area contributed by atoms with Crippen molar-refractivity contribution in [2.24, 2.45) is 0 Å². The molecule has 0 bridgehead atoms. The fraction of sp³-hybridized carbons (Fsp3) is 0.294. The largest absolute Gasteiger partial charge is 0.481 e. The first-order valence-electron chi connectivity index (χ1n) is 7.33. The molecule has 1 unspecified atom stereocenters. The van der Waals surface area contributed by atoms with E-state index in [1.807, 2.05) is 18.2 Å². The number of rotatable bonds is 4. The maximum absolute atomic E-state index is 13.2. The van der Waals surface area contributed by atoms with Crippen molar-refractivity contribution in [1.82, 2.24) is 5.32 Å². The molecular weight excluding hydrogens is 340 g/mol. The van der Waals surface area contributed by atoms with Gasteiger partial charge in [-0.15, -0.1) is 0 Å². The number of halogens is 3. The maximum atomic E-state index is 13.2. The Morgan fingerprint density at radius 3 is 2.78 bits per heavy atom. The summed E-state index contributed by atoms with van der Waals surface area (Å²) in [7, 11) is 0. The van der Waals surface area contributed by atoms with Gasteiger partial charge in [-0.05, 0) is 35.9 Å². The lowest BCUT2D eigenvalue weighted by Crippen LogP contribution is -2.43. The van der Waals surface area contributed by atoms with Crippen molar-refractivity contribution in [2.75, 3.05) is 19.7 Å². The average molecular weight is 356 g/mol. The van der Waals surface area contributed by atoms with Gasteiger partial charge in [-0.1, -0.05) is 35.3 Å². The van der Waals surface area contributed by atoms with Crippen molar-refractivity contribution in [1.29, 1.82) is 0 Å². The molecule has 1 aliphatic rings. The molecule has 23 heavy (non-hydrogen) atoms. The van der Waals surface area contributed by atoms with E-state index in [0.29, 0.717) is 23.9 Å². The fourth-order valence-corrected chi connectivity index (χ4v) is 2.94. The lowest BCUT2D eigenvalue weighted by Gasteiger charge is -2.32. The molecular formula is C17H16Cl2FNO2. The number of benzene rings is 2. The van der Waals surface area contributed by atoms with Gasteiger partial charge < -0.3 is 14.8 Å². The average Bonchev–Trinajstić information content (AvgIpc) is 2.55. The molecule has 1 N–H and O–H groups in total. The zero-order valence-electron chi connectivity index (χ0n) is 12.3. The summed E-state index contributed by atoms with van der Waals surface area (Å²) in [5.41, 5.74) is 0.881. The molecule has 0 radical (unpaired) electrons. The molecule has 3 rings (SSSR count). The lowest BCUT2D eigenvalue weighted by atomic mass is 10.0. The Morgan fingerprint density at radius 2 is 2.09 bits per heavy atom. The molecule has 1 fully saturated rings. The first-order chi connectivity index (χ1) is 11.1. The predicted molar refractivity (Wildman–Crippen MR) is 88.8 cm³/mol. The van der Waals surface area contributed by atoms with Gasteiger partial charge in [0.15, 0.2) is 6.10 Å². The van der Waals surface area contributed by atoms with Crippen LogP contribution in [0.4, 0.5) is 4.39 Å². The van der Waals surface area contributed by atoms with E-state index in [9.17, 15) is 4.39 Å². The highest BCUT2D eigenvalue weighted by molar-refractivity contribution is 6.32. The van der Waals surface area contributed by atoms with Crippen LogP contribution in [0.5, 0.6) is 5.75 Å². The van der Waals surface area contributed by atoms with Crippen LogP contribution in [0.1, 0.15) is 11.7 Å². The zero-order valence-corrected chi connectivity index (χ0v) is 13.8. The van der Waals surface area contributed by atoms with Gasteiger partial charge in [0.1, 0.15) is 17.7 Å². The van der Waals surface area contributed by atoms with Gasteiger partial charge in [-0.25, -0.2) is 4.39 Å². The van der Waals surface area contributed by atoms with E-state index >= 15 is 0 Å². The Balaban J connectivity index is 1.91. The predicted octanol–water partition coefficient (Wildman–Crippen LogP) is 4.24. The molecule has 2 aromatic rings. The summed E-state index contributed by atoms with van der Waals surface area (Å²) < 4.78 is 25.1. The van der Waals surface area contributed by atoms with E-state index in [1.54, 1.807) is 6.07 Å². The summed E-state index contributed by atoms with van der Waals surface area (Å²) in [6.07, 6.45) is -0.590. The Bertz CT molecular complexity index is 677. The van der Waals surface area contributed by atoms with E-state index in [-0.39, 0.29) is 11.1 Å². The number of hydrogen-bond donors (Lipinski definition) is 1. The number of ether oxygens (including phenoxy) is 2. The second-order valence-corrected chi connectivity index (χ2v) is 6.13. The van der Waals surface area contributed by atoms with Crippen molar-refractivity contribution < 1.29 is 13.9 Å². The Kier molecular flexibility index (Phi) is 5.38. The molecule has 6 heteroatoms. The monoisotopic (exact) mass is 355 g/mol. The van der Waals surface area contributed by atoms with E-state index in [4.69, 9.17) is 32.7 Å². The van der Waals surface area contributed by atoms with Gasteiger partial charge in [0.05, 0.1) is 11.6 Å². The van der Waals surface area contributed by atoms with Crippen molar-refractivity contribution in [3.05, 3.63) is 63.9 Å². The van der Waals surface area contributed by atoms with Crippen LogP contribution < -0.4 is 10.1 Å². The van der Waals surface area contributed by atoms with Gasteiger partial charge in [-0.2, -0.15) is 0 Å². The summed E-state index contributed by atoms with van der Waals surface area (Å²) in [5.74, 6) is 0.00412. The third-order valence-corrected chi connectivity index (χ3v) is 4.15. The molecule has 0 aliphatic carbocycles. The van der Waals surface area contributed by atoms with Crippen molar-refractivity contribution in [3.63, 3.8) is 0 Å².